The van der Waals surface area contributed by atoms with Crippen LogP contribution in [-0.4, -0.2) is 5.91 Å². The molecule has 0 bridgehead atoms. The molecule has 0 unspecified atom stereocenters. The Kier molecular flexibility index (Phi) is 2.87. The first-order valence-corrected chi connectivity index (χ1v) is 4.88. The number of hydrogen-bond donors (Lipinski definition) is 1. The van der Waals surface area contributed by atoms with Gasteiger partial charge in [-0.05, 0) is 18.2 Å². The van der Waals surface area contributed by atoms with Crippen molar-refractivity contribution in [1.82, 2.24) is 0 Å². The Morgan fingerprint density at radius 3 is 2.56 bits per heavy atom. The lowest BCUT2D eigenvalue weighted by molar-refractivity contribution is -0.113. The molecule has 1 aromatic carbocycles. The Morgan fingerprint density at radius 2 is 1.88 bits per heavy atom. The van der Waals surface area contributed by atoms with Gasteiger partial charge in [-0.3, -0.25) is 4.79 Å². The average molecular weight is 213 g/mol. The second-order valence-electron chi connectivity index (χ2n) is 3.30. The van der Waals surface area contributed by atoms with Gasteiger partial charge < -0.3 is 10.2 Å². The van der Waals surface area contributed by atoms with E-state index in [1.54, 1.807) is 12.1 Å². The van der Waals surface area contributed by atoms with Crippen molar-refractivity contribution >= 4 is 12.0 Å². The molecule has 0 radical (unpaired) electrons. The van der Waals surface area contributed by atoms with E-state index in [0.717, 1.165) is 11.3 Å². The molecule has 0 saturated heterocycles. The molecule has 3 heteroatoms. The third kappa shape index (κ3) is 2.39. The van der Waals surface area contributed by atoms with Crippen LogP contribution < -0.4 is 5.73 Å². The first-order valence-electron chi connectivity index (χ1n) is 4.88. The normalized spacial score (nSPS) is 10.8. The molecule has 1 aromatic heterocycles. The van der Waals surface area contributed by atoms with Gasteiger partial charge in [-0.25, -0.2) is 0 Å². The largest absolute Gasteiger partial charge is 0.457 e. The Bertz CT molecular complexity index is 512. The number of carbonyl (C=O) groups excluding carboxylic acids is 1. The second-order valence-corrected chi connectivity index (χ2v) is 3.30. The summed E-state index contributed by atoms with van der Waals surface area (Å²) in [5.41, 5.74) is 5.99. The first kappa shape index (κ1) is 10.2. The molecule has 2 N–H and O–H groups in total. The van der Waals surface area contributed by atoms with Crippen LogP contribution in [0.2, 0.25) is 0 Å². The molecule has 0 saturated carbocycles. The standard InChI is InChI=1S/C13H11NO2/c14-13(15)9-7-11-6-8-12(16-11)10-4-2-1-3-5-10/h1-9H,(H2,14,15)/b9-7+. The molecule has 3 nitrogen and oxygen atoms in total. The van der Waals surface area contributed by atoms with Crippen molar-refractivity contribution in [3.8, 4) is 11.3 Å². The van der Waals surface area contributed by atoms with Crippen molar-refractivity contribution in [2.45, 2.75) is 0 Å². The molecule has 1 heterocycles. The van der Waals surface area contributed by atoms with Crippen molar-refractivity contribution in [3.63, 3.8) is 0 Å². The second kappa shape index (κ2) is 4.49. The summed E-state index contributed by atoms with van der Waals surface area (Å²) in [5, 5.41) is 0. The summed E-state index contributed by atoms with van der Waals surface area (Å²) in [4.78, 5) is 10.5. The summed E-state index contributed by atoms with van der Waals surface area (Å²) < 4.78 is 5.53. The number of rotatable bonds is 3. The van der Waals surface area contributed by atoms with Gasteiger partial charge in [-0.2, -0.15) is 0 Å². The van der Waals surface area contributed by atoms with Crippen LogP contribution in [0.5, 0.6) is 0 Å². The topological polar surface area (TPSA) is 56.2 Å². The molecule has 2 rings (SSSR count). The zero-order chi connectivity index (χ0) is 11.4. The van der Waals surface area contributed by atoms with Crippen molar-refractivity contribution in [1.29, 1.82) is 0 Å². The van der Waals surface area contributed by atoms with Gasteiger partial charge >= 0.3 is 0 Å². The molecule has 0 fully saturated rings. The van der Waals surface area contributed by atoms with E-state index >= 15 is 0 Å². The molecule has 0 aliphatic heterocycles. The zero-order valence-electron chi connectivity index (χ0n) is 8.59. The Morgan fingerprint density at radius 1 is 1.12 bits per heavy atom. The number of hydrogen-bond acceptors (Lipinski definition) is 2. The maximum absolute atomic E-state index is 10.5. The molecule has 0 spiro atoms. The van der Waals surface area contributed by atoms with Crippen molar-refractivity contribution < 1.29 is 9.21 Å². The van der Waals surface area contributed by atoms with E-state index in [9.17, 15) is 4.79 Å². The minimum absolute atomic E-state index is 0.488. The third-order valence-corrected chi connectivity index (χ3v) is 2.10. The van der Waals surface area contributed by atoms with Crippen LogP contribution in [0.4, 0.5) is 0 Å². The van der Waals surface area contributed by atoms with Crippen LogP contribution in [0.3, 0.4) is 0 Å². The van der Waals surface area contributed by atoms with Crippen LogP contribution in [0, 0.1) is 0 Å². The number of primary amides is 1. The Hall–Kier alpha value is -2.29. The van der Waals surface area contributed by atoms with Crippen molar-refractivity contribution in [2.75, 3.05) is 0 Å². The first-order chi connectivity index (χ1) is 7.75. The smallest absolute Gasteiger partial charge is 0.241 e. The van der Waals surface area contributed by atoms with Gasteiger partial charge in [0.15, 0.2) is 0 Å². The molecular weight excluding hydrogens is 202 g/mol. The van der Waals surface area contributed by atoms with Gasteiger partial charge in [0.05, 0.1) is 0 Å². The third-order valence-electron chi connectivity index (χ3n) is 2.10. The molecule has 0 aliphatic rings. The highest BCUT2D eigenvalue weighted by atomic mass is 16.3. The highest BCUT2D eigenvalue weighted by molar-refractivity contribution is 5.89. The Balaban J connectivity index is 2.23. The van der Waals surface area contributed by atoms with Crippen LogP contribution in [0.25, 0.3) is 17.4 Å². The molecule has 2 aromatic rings. The van der Waals surface area contributed by atoms with Gasteiger partial charge in [-0.15, -0.1) is 0 Å². The predicted octanol–water partition coefficient (Wildman–Crippen LogP) is 2.45. The summed E-state index contributed by atoms with van der Waals surface area (Å²) in [7, 11) is 0. The summed E-state index contributed by atoms with van der Waals surface area (Å²) in [6, 6.07) is 13.4. The van der Waals surface area contributed by atoms with Crippen LogP contribution in [0.1, 0.15) is 5.76 Å². The summed E-state index contributed by atoms with van der Waals surface area (Å²) in [6.45, 7) is 0. The maximum Gasteiger partial charge on any atom is 0.241 e. The number of furan rings is 1. The van der Waals surface area contributed by atoms with E-state index < -0.39 is 5.91 Å². The van der Waals surface area contributed by atoms with Crippen LogP contribution in [0.15, 0.2) is 53.0 Å². The number of benzene rings is 1. The number of amides is 1. The van der Waals surface area contributed by atoms with Gasteiger partial charge in [0, 0.05) is 11.6 Å². The molecule has 0 atom stereocenters. The van der Waals surface area contributed by atoms with Crippen molar-refractivity contribution in [2.24, 2.45) is 5.73 Å². The fourth-order valence-electron chi connectivity index (χ4n) is 1.36. The summed E-state index contributed by atoms with van der Waals surface area (Å²) in [5.74, 6) is 0.889. The van der Waals surface area contributed by atoms with E-state index in [1.165, 1.54) is 6.08 Å². The highest BCUT2D eigenvalue weighted by Crippen LogP contribution is 2.22. The van der Waals surface area contributed by atoms with Crippen LogP contribution >= 0.6 is 0 Å². The summed E-state index contributed by atoms with van der Waals surface area (Å²) in [6.07, 6.45) is 2.82. The molecule has 16 heavy (non-hydrogen) atoms. The van der Waals surface area contributed by atoms with E-state index in [2.05, 4.69) is 0 Å². The molecular formula is C13H11NO2. The number of nitrogens with two attached hydrogens (primary N) is 1. The lowest BCUT2D eigenvalue weighted by atomic mass is 10.2. The van der Waals surface area contributed by atoms with Gasteiger partial charge in [0.2, 0.25) is 5.91 Å². The monoisotopic (exact) mass is 213 g/mol. The van der Waals surface area contributed by atoms with Crippen LogP contribution in [-0.2, 0) is 4.79 Å². The minimum atomic E-state index is -0.488. The van der Waals surface area contributed by atoms with Gasteiger partial charge in [0.1, 0.15) is 11.5 Å². The van der Waals surface area contributed by atoms with Gasteiger partial charge in [0.25, 0.3) is 0 Å². The molecule has 80 valence electrons. The quantitative estimate of drug-likeness (QED) is 0.796. The fourth-order valence-corrected chi connectivity index (χ4v) is 1.36. The zero-order valence-corrected chi connectivity index (χ0v) is 8.59. The Labute approximate surface area is 93.2 Å². The maximum atomic E-state index is 10.5. The SMILES string of the molecule is NC(=O)/C=C/c1ccc(-c2ccccc2)o1. The van der Waals surface area contributed by atoms with Crippen molar-refractivity contribution in [3.05, 3.63) is 54.3 Å². The van der Waals surface area contributed by atoms with E-state index in [-0.39, 0.29) is 0 Å². The summed E-state index contributed by atoms with van der Waals surface area (Å²) >= 11 is 0. The predicted molar refractivity (Wildman–Crippen MR) is 62.4 cm³/mol. The minimum Gasteiger partial charge on any atom is -0.457 e. The molecule has 1 amide bonds. The number of carbonyl (C=O) groups is 1. The fraction of sp³-hybridized carbons (Fsp3) is 0. The highest BCUT2D eigenvalue weighted by Gasteiger charge is 2.01. The molecule has 0 aliphatic carbocycles. The van der Waals surface area contributed by atoms with E-state index in [1.807, 2.05) is 36.4 Å². The van der Waals surface area contributed by atoms with E-state index in [0.29, 0.717) is 5.76 Å². The van der Waals surface area contributed by atoms with Gasteiger partial charge in [-0.1, -0.05) is 30.3 Å². The lowest BCUT2D eigenvalue weighted by Gasteiger charge is -1.94. The lowest BCUT2D eigenvalue weighted by Crippen LogP contribution is -2.04. The average Bonchev–Trinajstić information content (AvgIpc) is 2.76. The van der Waals surface area contributed by atoms with E-state index in [4.69, 9.17) is 10.2 Å².